The third kappa shape index (κ3) is 3.58. The highest BCUT2D eigenvalue weighted by atomic mass is 16.7. The minimum atomic E-state index is -0.519. The zero-order chi connectivity index (χ0) is 27.9. The molecule has 1 aliphatic heterocycles. The average molecular weight is 549 g/mol. The molecule has 10 atom stereocenters. The molecule has 40 heavy (non-hydrogen) atoms. The number of esters is 2. The van der Waals surface area contributed by atoms with E-state index >= 15 is 0 Å². The standard InChI is InChI=1S/C31H36N2O7/c1-17(34)38-21-8-10-29(2)20(12-21)5-6-23-22(29)9-11-30(3)25(18-4-7-24(35)37-15-18)26(27-31(23,30)40-27)39-28(36)19-13-32-16-33-14-19/h4,7,13-16,20-23,25-27H,5-6,8-12H2,1-3H3/t20-,21+,22?,23-,25+,26-,27-,29+,30-,31-/m1/s1. The van der Waals surface area contributed by atoms with E-state index in [0.717, 1.165) is 50.5 Å². The topological polar surface area (TPSA) is 121 Å². The van der Waals surface area contributed by atoms with Crippen LogP contribution in [0.25, 0.3) is 0 Å². The molecule has 5 fully saturated rings. The number of nitrogens with zero attached hydrogens (tertiary/aromatic N) is 2. The number of rotatable bonds is 4. The molecule has 1 unspecified atom stereocenters. The second-order valence-corrected chi connectivity index (χ2v) is 13.1. The summed E-state index contributed by atoms with van der Waals surface area (Å²) in [4.78, 5) is 44.7. The zero-order valence-electron chi connectivity index (χ0n) is 23.2. The van der Waals surface area contributed by atoms with Gasteiger partial charge in [-0.1, -0.05) is 13.8 Å². The lowest BCUT2D eigenvalue weighted by Crippen LogP contribution is -2.58. The summed E-state index contributed by atoms with van der Waals surface area (Å²) in [5.74, 6) is 0.489. The van der Waals surface area contributed by atoms with Crippen molar-refractivity contribution in [2.75, 3.05) is 0 Å². The molecule has 0 amide bonds. The highest BCUT2D eigenvalue weighted by molar-refractivity contribution is 5.88. The Balaban J connectivity index is 1.23. The minimum absolute atomic E-state index is 0.0124. The van der Waals surface area contributed by atoms with Crippen LogP contribution in [0, 0.1) is 28.6 Å². The van der Waals surface area contributed by atoms with Crippen LogP contribution >= 0.6 is 0 Å². The van der Waals surface area contributed by atoms with E-state index in [1.807, 2.05) is 6.07 Å². The first-order chi connectivity index (χ1) is 19.2. The quantitative estimate of drug-likeness (QED) is 0.403. The smallest absolute Gasteiger partial charge is 0.341 e. The van der Waals surface area contributed by atoms with Crippen LogP contribution in [0.4, 0.5) is 0 Å². The fourth-order valence-electron chi connectivity index (χ4n) is 9.83. The number of carbonyl (C=O) groups is 2. The molecule has 0 radical (unpaired) electrons. The van der Waals surface area contributed by atoms with Crippen molar-refractivity contribution in [3.8, 4) is 0 Å². The van der Waals surface area contributed by atoms with E-state index in [4.69, 9.17) is 18.6 Å². The van der Waals surface area contributed by atoms with Gasteiger partial charge in [0, 0.05) is 36.7 Å². The Morgan fingerprint density at radius 3 is 2.52 bits per heavy atom. The van der Waals surface area contributed by atoms with Crippen LogP contribution in [-0.4, -0.2) is 45.8 Å². The number of aromatic nitrogens is 2. The Bertz CT molecular complexity index is 1380. The van der Waals surface area contributed by atoms with Gasteiger partial charge in [-0.25, -0.2) is 19.6 Å². The lowest BCUT2D eigenvalue weighted by Gasteiger charge is -2.61. The summed E-state index contributed by atoms with van der Waals surface area (Å²) in [7, 11) is 0. The molecule has 4 saturated carbocycles. The molecule has 9 nitrogen and oxygen atoms in total. The van der Waals surface area contributed by atoms with E-state index in [1.54, 1.807) is 0 Å². The van der Waals surface area contributed by atoms with Gasteiger partial charge in [0.05, 0.1) is 11.8 Å². The van der Waals surface area contributed by atoms with Crippen molar-refractivity contribution >= 4 is 11.9 Å². The van der Waals surface area contributed by atoms with Crippen molar-refractivity contribution in [2.45, 2.75) is 95.5 Å². The van der Waals surface area contributed by atoms with Crippen molar-refractivity contribution < 1.29 is 28.2 Å². The van der Waals surface area contributed by atoms with Crippen LogP contribution in [0.1, 0.15) is 87.6 Å². The summed E-state index contributed by atoms with van der Waals surface area (Å²) in [6.07, 6.45) is 12.1. The second kappa shape index (κ2) is 8.96. The van der Waals surface area contributed by atoms with Gasteiger partial charge in [-0.15, -0.1) is 0 Å². The van der Waals surface area contributed by atoms with Gasteiger partial charge in [0.15, 0.2) is 0 Å². The molecule has 7 rings (SSSR count). The van der Waals surface area contributed by atoms with Gasteiger partial charge in [0.1, 0.15) is 30.2 Å². The SMILES string of the molecule is CC(=O)O[C@H]1CC[C@]2(C)C3CC[C@]4(C)[C@@H](c5ccc(=O)oc5)[C@@H](OC(=O)c5cncnc5)[C@H]5O[C@]54[C@@H]3CC[C@@H]2C1. The molecule has 4 aliphatic carbocycles. The molecule has 0 bridgehead atoms. The summed E-state index contributed by atoms with van der Waals surface area (Å²) >= 11 is 0. The van der Waals surface area contributed by atoms with Crippen molar-refractivity contribution in [3.05, 3.63) is 58.7 Å². The zero-order valence-corrected chi connectivity index (χ0v) is 23.2. The Labute approximate surface area is 233 Å². The molecule has 9 heteroatoms. The number of fused-ring (bicyclic) bond motifs is 3. The first-order valence-electron chi connectivity index (χ1n) is 14.6. The van der Waals surface area contributed by atoms with Gasteiger partial charge in [0.2, 0.25) is 0 Å². The number of epoxide rings is 1. The van der Waals surface area contributed by atoms with E-state index in [0.29, 0.717) is 23.3 Å². The molecule has 2 aromatic heterocycles. The summed E-state index contributed by atoms with van der Waals surface area (Å²) in [5, 5.41) is 0. The van der Waals surface area contributed by atoms with Crippen molar-refractivity contribution in [2.24, 2.45) is 28.6 Å². The van der Waals surface area contributed by atoms with Crippen LogP contribution in [-0.2, 0) is 19.0 Å². The fraction of sp³-hybridized carbons (Fsp3) is 0.645. The van der Waals surface area contributed by atoms with E-state index < -0.39 is 23.3 Å². The Hall–Kier alpha value is -3.07. The average Bonchev–Trinajstić information content (AvgIpc) is 3.64. The van der Waals surface area contributed by atoms with E-state index in [-0.39, 0.29) is 34.9 Å². The normalized spacial score (nSPS) is 42.9. The van der Waals surface area contributed by atoms with Crippen LogP contribution in [0.5, 0.6) is 0 Å². The number of carbonyl (C=O) groups excluding carboxylic acids is 2. The molecular weight excluding hydrogens is 512 g/mol. The maximum atomic E-state index is 13.3. The Kier molecular flexibility index (Phi) is 5.80. The van der Waals surface area contributed by atoms with Gasteiger partial charge in [-0.2, -0.15) is 0 Å². The third-order valence-electron chi connectivity index (χ3n) is 11.5. The third-order valence-corrected chi connectivity index (χ3v) is 11.5. The molecule has 0 aromatic carbocycles. The summed E-state index contributed by atoms with van der Waals surface area (Å²) in [5.41, 5.74) is 0.199. The lowest BCUT2D eigenvalue weighted by atomic mass is 9.44. The molecule has 3 heterocycles. The van der Waals surface area contributed by atoms with Crippen LogP contribution in [0.15, 0.2) is 46.3 Å². The van der Waals surface area contributed by atoms with E-state index in [1.165, 1.54) is 38.0 Å². The first-order valence-corrected chi connectivity index (χ1v) is 14.6. The van der Waals surface area contributed by atoms with Crippen LogP contribution < -0.4 is 5.63 Å². The highest BCUT2D eigenvalue weighted by Gasteiger charge is 2.84. The number of ether oxygens (including phenoxy) is 3. The summed E-state index contributed by atoms with van der Waals surface area (Å²) in [6, 6.07) is 3.26. The largest absolute Gasteiger partial charge is 0.463 e. The van der Waals surface area contributed by atoms with Gasteiger partial charge in [0.25, 0.3) is 0 Å². The molecular formula is C31H36N2O7. The molecule has 2 aromatic rings. The number of hydrogen-bond acceptors (Lipinski definition) is 9. The summed E-state index contributed by atoms with van der Waals surface area (Å²) in [6.45, 7) is 6.23. The van der Waals surface area contributed by atoms with Crippen molar-refractivity contribution in [1.82, 2.24) is 9.97 Å². The van der Waals surface area contributed by atoms with Crippen LogP contribution in [0.2, 0.25) is 0 Å². The number of hydrogen-bond donors (Lipinski definition) is 0. The minimum Gasteiger partial charge on any atom is -0.463 e. The molecule has 1 spiro atoms. The maximum Gasteiger partial charge on any atom is 0.341 e. The van der Waals surface area contributed by atoms with Crippen molar-refractivity contribution in [3.63, 3.8) is 0 Å². The molecule has 1 saturated heterocycles. The lowest BCUT2D eigenvalue weighted by molar-refractivity contribution is -0.164. The molecule has 5 aliphatic rings. The predicted molar refractivity (Wildman–Crippen MR) is 141 cm³/mol. The van der Waals surface area contributed by atoms with Gasteiger partial charge < -0.3 is 18.6 Å². The summed E-state index contributed by atoms with van der Waals surface area (Å²) < 4.78 is 24.0. The van der Waals surface area contributed by atoms with E-state index in [2.05, 4.69) is 23.8 Å². The second-order valence-electron chi connectivity index (χ2n) is 13.1. The molecule has 0 N–H and O–H groups in total. The molecule has 212 valence electrons. The van der Waals surface area contributed by atoms with Crippen molar-refractivity contribution in [1.29, 1.82) is 0 Å². The van der Waals surface area contributed by atoms with Gasteiger partial charge >= 0.3 is 17.6 Å². The monoisotopic (exact) mass is 548 g/mol. The Morgan fingerprint density at radius 1 is 1.00 bits per heavy atom. The van der Waals surface area contributed by atoms with Crippen LogP contribution in [0.3, 0.4) is 0 Å². The van der Waals surface area contributed by atoms with Gasteiger partial charge in [-0.3, -0.25) is 4.79 Å². The fourth-order valence-corrected chi connectivity index (χ4v) is 9.83. The van der Waals surface area contributed by atoms with E-state index in [9.17, 15) is 14.4 Å². The highest BCUT2D eigenvalue weighted by Crippen LogP contribution is 2.78. The maximum absolute atomic E-state index is 13.3. The predicted octanol–water partition coefficient (Wildman–Crippen LogP) is 4.45. The first kappa shape index (κ1) is 25.9. The Morgan fingerprint density at radius 2 is 1.80 bits per heavy atom. The van der Waals surface area contributed by atoms with Gasteiger partial charge in [-0.05, 0) is 79.7 Å².